The van der Waals surface area contributed by atoms with E-state index in [0.717, 1.165) is 69.5 Å². The van der Waals surface area contributed by atoms with Crippen LogP contribution in [0.4, 0.5) is 0 Å². The molecule has 1 saturated carbocycles. The molecule has 3 aliphatic rings. The Balaban J connectivity index is 1.49. The third kappa shape index (κ3) is 4.77. The number of benzene rings is 5. The van der Waals surface area contributed by atoms with E-state index in [9.17, 15) is 5.11 Å². The first kappa shape index (κ1) is 32.5. The lowest BCUT2D eigenvalue weighted by Crippen LogP contribution is -2.44. The van der Waals surface area contributed by atoms with E-state index in [1.165, 1.54) is 22.3 Å². The van der Waals surface area contributed by atoms with E-state index in [4.69, 9.17) is 18.9 Å². The molecule has 0 unspecified atom stereocenters. The molecule has 5 nitrogen and oxygen atoms in total. The molecule has 2 aliphatic carbocycles. The number of aliphatic hydroxyl groups is 1. The maximum absolute atomic E-state index is 10.6. The molecule has 0 aromatic heterocycles. The predicted molar refractivity (Wildman–Crippen MR) is 200 cm³/mol. The molecule has 0 amide bonds. The third-order valence-corrected chi connectivity index (χ3v) is 11.4. The Kier molecular flexibility index (Phi) is 7.40. The minimum absolute atomic E-state index is 0.115. The minimum Gasteiger partial charge on any atom is -0.497 e. The lowest BCUT2D eigenvalue weighted by atomic mass is 9.52. The van der Waals surface area contributed by atoms with Crippen LogP contribution in [-0.2, 0) is 17.6 Å². The number of rotatable bonds is 6. The molecule has 1 heterocycles. The first-order chi connectivity index (χ1) is 24.0. The van der Waals surface area contributed by atoms with Crippen LogP contribution < -0.4 is 18.9 Å². The van der Waals surface area contributed by atoms with E-state index < -0.39 is 5.60 Å². The van der Waals surface area contributed by atoms with Gasteiger partial charge in [0.05, 0.1) is 27.9 Å². The van der Waals surface area contributed by atoms with E-state index in [0.29, 0.717) is 5.75 Å². The summed E-state index contributed by atoms with van der Waals surface area (Å²) in [6.45, 7) is 9.61. The molecular weight excluding hydrogens is 620 g/mol. The van der Waals surface area contributed by atoms with Crippen LogP contribution in [0.5, 0.6) is 23.0 Å². The molecule has 5 aromatic rings. The van der Waals surface area contributed by atoms with Gasteiger partial charge < -0.3 is 24.1 Å². The van der Waals surface area contributed by atoms with Crippen molar-refractivity contribution in [1.29, 1.82) is 0 Å². The molecule has 0 radical (unpaired) electrons. The van der Waals surface area contributed by atoms with Gasteiger partial charge in [-0.1, -0.05) is 82.3 Å². The standard InChI is InChI=1S/C45H46O5/c1-42(2)25-43(3,4)27-44(26-42)37-11-9-8-10-33(37)39-35-22-28(24-46)38(49-7)23-36(35)41-34(40(39)44)20-21-45(50-41,29-12-16-31(47-5)17-13-29)30-14-18-32(48-6)19-15-30/h8-23,46H,24-27H2,1-7H3. The SMILES string of the molecule is COc1ccc(C2(c3ccc(OC)cc3)C=Cc3c4c(c5cc(CO)c(OC)cc5c3O2)-c2ccccc2C42CC(C)(C)CC(C)(C)C2)cc1. The molecule has 0 saturated heterocycles. The average Bonchev–Trinajstić information content (AvgIpc) is 3.38. The molecule has 1 spiro atoms. The summed E-state index contributed by atoms with van der Waals surface area (Å²) >= 11 is 0. The summed E-state index contributed by atoms with van der Waals surface area (Å²) in [5.41, 5.74) is 8.15. The van der Waals surface area contributed by atoms with Crippen molar-refractivity contribution in [2.24, 2.45) is 10.8 Å². The second-order valence-electron chi connectivity index (χ2n) is 16.0. The zero-order valence-electron chi connectivity index (χ0n) is 30.1. The van der Waals surface area contributed by atoms with Crippen molar-refractivity contribution in [2.75, 3.05) is 21.3 Å². The number of hydrogen-bond acceptors (Lipinski definition) is 5. The monoisotopic (exact) mass is 666 g/mol. The number of ether oxygens (including phenoxy) is 4. The number of fused-ring (bicyclic) bond motifs is 10. The average molecular weight is 667 g/mol. The van der Waals surface area contributed by atoms with Crippen molar-refractivity contribution in [3.8, 4) is 34.1 Å². The van der Waals surface area contributed by atoms with Gasteiger partial charge in [0.1, 0.15) is 23.0 Å². The Morgan fingerprint density at radius 1 is 0.700 bits per heavy atom. The molecule has 5 aromatic carbocycles. The van der Waals surface area contributed by atoms with Crippen LogP contribution in [0, 0.1) is 10.8 Å². The van der Waals surface area contributed by atoms with Crippen molar-refractivity contribution in [1.82, 2.24) is 0 Å². The van der Waals surface area contributed by atoms with E-state index >= 15 is 0 Å². The van der Waals surface area contributed by atoms with Gasteiger partial charge in [-0.25, -0.2) is 0 Å². The van der Waals surface area contributed by atoms with Crippen molar-refractivity contribution in [2.45, 2.75) is 64.6 Å². The molecule has 256 valence electrons. The highest BCUT2D eigenvalue weighted by atomic mass is 16.5. The van der Waals surface area contributed by atoms with Crippen LogP contribution in [0.25, 0.3) is 28.0 Å². The Hall–Kier alpha value is -4.74. The second kappa shape index (κ2) is 11.4. The third-order valence-electron chi connectivity index (χ3n) is 11.4. The quantitative estimate of drug-likeness (QED) is 0.196. The summed E-state index contributed by atoms with van der Waals surface area (Å²) in [6, 6.07) is 29.5. The summed E-state index contributed by atoms with van der Waals surface area (Å²) in [5.74, 6) is 3.03. The molecule has 1 aliphatic heterocycles. The van der Waals surface area contributed by atoms with Gasteiger partial charge in [0.25, 0.3) is 0 Å². The number of aliphatic hydroxyl groups excluding tert-OH is 1. The first-order valence-corrected chi connectivity index (χ1v) is 17.6. The van der Waals surface area contributed by atoms with Gasteiger partial charge >= 0.3 is 0 Å². The van der Waals surface area contributed by atoms with E-state index in [-0.39, 0.29) is 22.9 Å². The maximum Gasteiger partial charge on any atom is 0.178 e. The summed E-state index contributed by atoms with van der Waals surface area (Å²) in [7, 11) is 5.03. The Labute approximate surface area is 295 Å². The van der Waals surface area contributed by atoms with Crippen molar-refractivity contribution in [3.63, 3.8) is 0 Å². The lowest BCUT2D eigenvalue weighted by Gasteiger charge is -2.52. The fourth-order valence-electron chi connectivity index (χ4n) is 10.2. The molecule has 0 bridgehead atoms. The molecule has 1 N–H and O–H groups in total. The Bertz CT molecular complexity index is 2090. The highest BCUT2D eigenvalue weighted by molar-refractivity contribution is 6.09. The Morgan fingerprint density at radius 2 is 1.30 bits per heavy atom. The topological polar surface area (TPSA) is 57.2 Å². The Morgan fingerprint density at radius 3 is 1.86 bits per heavy atom. The summed E-state index contributed by atoms with van der Waals surface area (Å²) < 4.78 is 24.6. The molecule has 5 heteroatoms. The van der Waals surface area contributed by atoms with Gasteiger partial charge in [0, 0.05) is 33.1 Å². The summed E-state index contributed by atoms with van der Waals surface area (Å²) in [6.07, 6.45) is 7.78. The van der Waals surface area contributed by atoms with Gasteiger partial charge in [0.15, 0.2) is 5.60 Å². The first-order valence-electron chi connectivity index (χ1n) is 17.6. The van der Waals surface area contributed by atoms with Crippen LogP contribution in [0.1, 0.15) is 80.3 Å². The fraction of sp³-hybridized carbons (Fsp3) is 0.333. The zero-order chi connectivity index (χ0) is 35.1. The maximum atomic E-state index is 10.6. The van der Waals surface area contributed by atoms with Gasteiger partial charge in [-0.2, -0.15) is 0 Å². The zero-order valence-corrected chi connectivity index (χ0v) is 30.1. The molecule has 1 fully saturated rings. The van der Waals surface area contributed by atoms with Gasteiger partial charge in [-0.3, -0.25) is 0 Å². The van der Waals surface area contributed by atoms with Crippen LogP contribution >= 0.6 is 0 Å². The van der Waals surface area contributed by atoms with E-state index in [2.05, 4.69) is 101 Å². The summed E-state index contributed by atoms with van der Waals surface area (Å²) in [5, 5.41) is 12.6. The number of hydrogen-bond donors (Lipinski definition) is 1. The van der Waals surface area contributed by atoms with Gasteiger partial charge in [0.2, 0.25) is 0 Å². The van der Waals surface area contributed by atoms with Gasteiger partial charge in [-0.05, 0) is 100 Å². The molecule has 50 heavy (non-hydrogen) atoms. The van der Waals surface area contributed by atoms with Crippen LogP contribution in [-0.4, -0.2) is 26.4 Å². The van der Waals surface area contributed by atoms with Crippen molar-refractivity contribution < 1.29 is 24.1 Å². The van der Waals surface area contributed by atoms with Crippen molar-refractivity contribution in [3.05, 3.63) is 124 Å². The van der Waals surface area contributed by atoms with E-state index in [1.54, 1.807) is 21.3 Å². The second-order valence-corrected chi connectivity index (χ2v) is 16.0. The van der Waals surface area contributed by atoms with Crippen LogP contribution in [0.2, 0.25) is 0 Å². The molecular formula is C45H46O5. The van der Waals surface area contributed by atoms with Crippen LogP contribution in [0.15, 0.2) is 91.0 Å². The molecule has 0 atom stereocenters. The lowest BCUT2D eigenvalue weighted by molar-refractivity contribution is 0.0642. The fourth-order valence-corrected chi connectivity index (χ4v) is 10.2. The highest BCUT2D eigenvalue weighted by Crippen LogP contribution is 2.67. The highest BCUT2D eigenvalue weighted by Gasteiger charge is 2.55. The van der Waals surface area contributed by atoms with E-state index in [1.807, 2.05) is 24.3 Å². The van der Waals surface area contributed by atoms with Crippen LogP contribution in [0.3, 0.4) is 0 Å². The number of methoxy groups -OCH3 is 3. The smallest absolute Gasteiger partial charge is 0.178 e. The normalized spacial score (nSPS) is 18.6. The summed E-state index contributed by atoms with van der Waals surface area (Å²) in [4.78, 5) is 0. The largest absolute Gasteiger partial charge is 0.497 e. The van der Waals surface area contributed by atoms with Crippen molar-refractivity contribution >= 4 is 16.8 Å². The molecule has 8 rings (SSSR count). The van der Waals surface area contributed by atoms with Gasteiger partial charge in [-0.15, -0.1) is 0 Å². The predicted octanol–water partition coefficient (Wildman–Crippen LogP) is 10.2. The minimum atomic E-state index is -0.945.